The van der Waals surface area contributed by atoms with Gasteiger partial charge in [0.2, 0.25) is 5.91 Å². The van der Waals surface area contributed by atoms with Crippen LogP contribution in [0.2, 0.25) is 0 Å². The van der Waals surface area contributed by atoms with Crippen molar-refractivity contribution < 1.29 is 9.21 Å². The lowest BCUT2D eigenvalue weighted by atomic mass is 10.3. The van der Waals surface area contributed by atoms with Crippen LogP contribution in [-0.2, 0) is 17.8 Å². The molecule has 0 fully saturated rings. The van der Waals surface area contributed by atoms with Crippen LogP contribution in [0.4, 0.5) is 0 Å². The maximum atomic E-state index is 11.4. The number of hydrogen-bond donors (Lipinski definition) is 1. The van der Waals surface area contributed by atoms with Crippen LogP contribution in [0.15, 0.2) is 34.4 Å². The van der Waals surface area contributed by atoms with E-state index in [0.29, 0.717) is 12.3 Å². The first-order valence-corrected chi connectivity index (χ1v) is 5.40. The van der Waals surface area contributed by atoms with Gasteiger partial charge in [0.15, 0.2) is 0 Å². The molecule has 78 valence electrons. The van der Waals surface area contributed by atoms with Crippen molar-refractivity contribution in [2.24, 2.45) is 0 Å². The van der Waals surface area contributed by atoms with Gasteiger partial charge in [-0.1, -0.05) is 0 Å². The minimum absolute atomic E-state index is 0.0554. The third-order valence-electron chi connectivity index (χ3n) is 1.84. The van der Waals surface area contributed by atoms with Crippen molar-refractivity contribution in [3.63, 3.8) is 0 Å². The molecule has 0 aromatic carbocycles. The average Bonchev–Trinajstić information content (AvgIpc) is 2.86. The molecular weight excluding hydrogens is 212 g/mol. The number of thiazole rings is 1. The number of amides is 1. The fourth-order valence-corrected chi connectivity index (χ4v) is 1.70. The molecule has 0 spiro atoms. The van der Waals surface area contributed by atoms with Gasteiger partial charge in [0.1, 0.15) is 10.8 Å². The van der Waals surface area contributed by atoms with Crippen molar-refractivity contribution >= 4 is 17.2 Å². The summed E-state index contributed by atoms with van der Waals surface area (Å²) in [4.78, 5) is 15.5. The van der Waals surface area contributed by atoms with Crippen molar-refractivity contribution in [2.45, 2.75) is 13.0 Å². The number of nitrogens with one attached hydrogen (secondary N) is 1. The van der Waals surface area contributed by atoms with Gasteiger partial charge in [-0.25, -0.2) is 4.98 Å². The van der Waals surface area contributed by atoms with Crippen molar-refractivity contribution in [1.82, 2.24) is 10.3 Å². The van der Waals surface area contributed by atoms with E-state index in [1.165, 1.54) is 11.3 Å². The molecule has 2 heterocycles. The molecule has 2 aromatic rings. The Bertz CT molecular complexity index is 409. The van der Waals surface area contributed by atoms with Gasteiger partial charge < -0.3 is 9.73 Å². The number of furan rings is 1. The third-order valence-corrected chi connectivity index (χ3v) is 2.61. The lowest BCUT2D eigenvalue weighted by molar-refractivity contribution is -0.120. The zero-order valence-corrected chi connectivity index (χ0v) is 8.79. The summed E-state index contributed by atoms with van der Waals surface area (Å²) >= 11 is 1.52. The number of hydrogen-bond acceptors (Lipinski definition) is 4. The highest BCUT2D eigenvalue weighted by Gasteiger charge is 2.05. The minimum atomic E-state index is -0.0554. The fraction of sp³-hybridized carbons (Fsp3) is 0.200. The van der Waals surface area contributed by atoms with E-state index in [4.69, 9.17) is 4.42 Å². The van der Waals surface area contributed by atoms with Gasteiger partial charge in [-0.15, -0.1) is 11.3 Å². The van der Waals surface area contributed by atoms with Crippen LogP contribution >= 0.6 is 11.3 Å². The number of nitrogens with zero attached hydrogens (tertiary/aromatic N) is 1. The molecule has 0 aliphatic heterocycles. The van der Waals surface area contributed by atoms with Crippen molar-refractivity contribution in [3.8, 4) is 0 Å². The molecule has 0 aliphatic rings. The van der Waals surface area contributed by atoms with E-state index in [2.05, 4.69) is 10.3 Å². The predicted octanol–water partition coefficient (Wildman–Crippen LogP) is 1.60. The summed E-state index contributed by atoms with van der Waals surface area (Å²) in [6.45, 7) is 0.483. The molecule has 1 N–H and O–H groups in total. The van der Waals surface area contributed by atoms with E-state index >= 15 is 0 Å². The number of carbonyl (C=O) groups excluding carboxylic acids is 1. The highest BCUT2D eigenvalue weighted by Crippen LogP contribution is 2.04. The maximum absolute atomic E-state index is 11.4. The normalized spacial score (nSPS) is 10.1. The van der Waals surface area contributed by atoms with Crippen LogP contribution in [0, 0.1) is 0 Å². The average molecular weight is 222 g/mol. The molecule has 2 rings (SSSR count). The Morgan fingerprint density at radius 2 is 2.53 bits per heavy atom. The Labute approximate surface area is 90.9 Å². The number of carbonyl (C=O) groups is 1. The van der Waals surface area contributed by atoms with Gasteiger partial charge >= 0.3 is 0 Å². The molecule has 2 aromatic heterocycles. The van der Waals surface area contributed by atoms with Gasteiger partial charge in [0.05, 0.1) is 19.2 Å². The molecule has 1 amide bonds. The zero-order chi connectivity index (χ0) is 10.5. The smallest absolute Gasteiger partial charge is 0.227 e. The van der Waals surface area contributed by atoms with Crippen LogP contribution in [0.3, 0.4) is 0 Å². The Morgan fingerprint density at radius 3 is 3.20 bits per heavy atom. The molecule has 0 atom stereocenters. The largest absolute Gasteiger partial charge is 0.469 e. The van der Waals surface area contributed by atoms with E-state index in [9.17, 15) is 4.79 Å². The van der Waals surface area contributed by atoms with E-state index < -0.39 is 0 Å². The summed E-state index contributed by atoms with van der Waals surface area (Å²) in [6.07, 6.45) is 3.56. The maximum Gasteiger partial charge on any atom is 0.227 e. The highest BCUT2D eigenvalue weighted by molar-refractivity contribution is 7.09. The van der Waals surface area contributed by atoms with Crippen molar-refractivity contribution in [3.05, 3.63) is 40.7 Å². The predicted molar refractivity (Wildman–Crippen MR) is 56.4 cm³/mol. The molecule has 0 radical (unpaired) electrons. The minimum Gasteiger partial charge on any atom is -0.469 e. The summed E-state index contributed by atoms with van der Waals surface area (Å²) in [5, 5.41) is 5.56. The molecule has 0 saturated carbocycles. The number of aromatic nitrogens is 1. The zero-order valence-electron chi connectivity index (χ0n) is 7.97. The highest BCUT2D eigenvalue weighted by atomic mass is 32.1. The molecule has 0 unspecified atom stereocenters. The monoisotopic (exact) mass is 222 g/mol. The Balaban J connectivity index is 1.78. The second kappa shape index (κ2) is 4.75. The van der Waals surface area contributed by atoms with Gasteiger partial charge in [-0.05, 0) is 12.1 Å². The second-order valence-electron chi connectivity index (χ2n) is 2.96. The van der Waals surface area contributed by atoms with Crippen molar-refractivity contribution in [2.75, 3.05) is 0 Å². The molecular formula is C10H10N2O2S. The van der Waals surface area contributed by atoms with Crippen LogP contribution in [0.25, 0.3) is 0 Å². The molecule has 5 heteroatoms. The fourth-order valence-electron chi connectivity index (χ4n) is 1.15. The van der Waals surface area contributed by atoms with Gasteiger partial charge in [-0.3, -0.25) is 4.79 Å². The Hall–Kier alpha value is -1.62. The van der Waals surface area contributed by atoms with E-state index in [-0.39, 0.29) is 12.3 Å². The van der Waals surface area contributed by atoms with E-state index in [0.717, 1.165) is 5.01 Å². The molecule has 0 bridgehead atoms. The summed E-state index contributed by atoms with van der Waals surface area (Å²) in [5.41, 5.74) is 0. The van der Waals surface area contributed by atoms with Gasteiger partial charge in [0, 0.05) is 11.6 Å². The Kier molecular flexibility index (Phi) is 3.14. The molecule has 15 heavy (non-hydrogen) atoms. The quantitative estimate of drug-likeness (QED) is 0.854. The van der Waals surface area contributed by atoms with Crippen LogP contribution in [-0.4, -0.2) is 10.9 Å². The molecule has 0 saturated heterocycles. The van der Waals surface area contributed by atoms with E-state index in [1.807, 2.05) is 5.38 Å². The lowest BCUT2D eigenvalue weighted by Gasteiger charge is -2.00. The SMILES string of the molecule is O=C(Cc1ccco1)NCc1nccs1. The van der Waals surface area contributed by atoms with Crippen LogP contribution in [0.1, 0.15) is 10.8 Å². The topological polar surface area (TPSA) is 55.1 Å². The standard InChI is InChI=1S/C10H10N2O2S/c13-9(6-8-2-1-4-14-8)12-7-10-11-3-5-15-10/h1-5H,6-7H2,(H,12,13). The van der Waals surface area contributed by atoms with E-state index in [1.54, 1.807) is 24.6 Å². The van der Waals surface area contributed by atoms with Gasteiger partial charge in [0.25, 0.3) is 0 Å². The summed E-state index contributed by atoms with van der Waals surface area (Å²) in [5.74, 6) is 0.617. The third kappa shape index (κ3) is 2.92. The summed E-state index contributed by atoms with van der Waals surface area (Å²) in [7, 11) is 0. The van der Waals surface area contributed by atoms with Gasteiger partial charge in [-0.2, -0.15) is 0 Å². The first kappa shape index (κ1) is 9.92. The lowest BCUT2D eigenvalue weighted by Crippen LogP contribution is -2.24. The number of rotatable bonds is 4. The molecule has 0 aliphatic carbocycles. The second-order valence-corrected chi connectivity index (χ2v) is 3.94. The first-order chi connectivity index (χ1) is 7.34. The summed E-state index contributed by atoms with van der Waals surface area (Å²) < 4.78 is 5.07. The van der Waals surface area contributed by atoms with Crippen LogP contribution < -0.4 is 5.32 Å². The Morgan fingerprint density at radius 1 is 1.60 bits per heavy atom. The first-order valence-electron chi connectivity index (χ1n) is 4.52. The molecule has 4 nitrogen and oxygen atoms in total. The summed E-state index contributed by atoms with van der Waals surface area (Å²) in [6, 6.07) is 3.55. The van der Waals surface area contributed by atoms with Crippen molar-refractivity contribution in [1.29, 1.82) is 0 Å². The van der Waals surface area contributed by atoms with Crippen LogP contribution in [0.5, 0.6) is 0 Å².